The van der Waals surface area contributed by atoms with E-state index < -0.39 is 0 Å². The molecule has 86 valence electrons. The van der Waals surface area contributed by atoms with Crippen LogP contribution in [0.3, 0.4) is 0 Å². The second kappa shape index (κ2) is 2.89. The Labute approximate surface area is 94.8 Å². The zero-order valence-electron chi connectivity index (χ0n) is 9.17. The topological polar surface area (TPSA) is 38.8 Å². The lowest BCUT2D eigenvalue weighted by Crippen LogP contribution is -2.32. The molecule has 0 N–H and O–H groups in total. The largest absolute Gasteiger partial charge is 0.459 e. The van der Waals surface area contributed by atoms with E-state index in [-0.39, 0.29) is 12.1 Å². The number of carbonyl (C=O) groups is 1. The van der Waals surface area contributed by atoms with Gasteiger partial charge in [-0.3, -0.25) is 0 Å². The van der Waals surface area contributed by atoms with Gasteiger partial charge in [0.1, 0.15) is 6.10 Å². The third-order valence-electron chi connectivity index (χ3n) is 5.14. The summed E-state index contributed by atoms with van der Waals surface area (Å²) in [5.41, 5.74) is 0. The van der Waals surface area contributed by atoms with Crippen molar-refractivity contribution in [1.29, 1.82) is 0 Å². The normalized spacial score (nSPS) is 55.6. The van der Waals surface area contributed by atoms with Crippen molar-refractivity contribution < 1.29 is 14.3 Å². The van der Waals surface area contributed by atoms with E-state index in [2.05, 4.69) is 6.58 Å². The number of carbonyl (C=O) groups excluding carboxylic acids is 1. The highest BCUT2D eigenvalue weighted by Gasteiger charge is 2.69. The molecule has 3 heteroatoms. The molecule has 4 rings (SSSR count). The van der Waals surface area contributed by atoms with Crippen LogP contribution in [0, 0.1) is 23.7 Å². The minimum Gasteiger partial charge on any atom is -0.459 e. The summed E-state index contributed by atoms with van der Waals surface area (Å²) in [6.45, 7) is 3.46. The molecule has 1 aliphatic heterocycles. The van der Waals surface area contributed by atoms with Gasteiger partial charge in [0.05, 0.1) is 12.2 Å². The van der Waals surface area contributed by atoms with Gasteiger partial charge in [-0.1, -0.05) is 6.58 Å². The first-order valence-corrected chi connectivity index (χ1v) is 6.28. The number of rotatable bonds is 2. The van der Waals surface area contributed by atoms with E-state index in [1.165, 1.54) is 18.9 Å². The highest BCUT2D eigenvalue weighted by Crippen LogP contribution is 2.66. The van der Waals surface area contributed by atoms with E-state index in [4.69, 9.17) is 9.47 Å². The van der Waals surface area contributed by atoms with Crippen LogP contribution in [-0.4, -0.2) is 24.3 Å². The van der Waals surface area contributed by atoms with Crippen molar-refractivity contribution in [2.75, 3.05) is 0 Å². The minimum atomic E-state index is -0.262. The molecule has 4 aliphatic rings. The maximum Gasteiger partial charge on any atom is 0.330 e. The maximum absolute atomic E-state index is 11.3. The molecule has 0 amide bonds. The molecule has 2 bridgehead atoms. The molecule has 1 heterocycles. The number of epoxide rings is 1. The van der Waals surface area contributed by atoms with Crippen LogP contribution in [-0.2, 0) is 14.3 Å². The number of ether oxygens (including phenoxy) is 2. The minimum absolute atomic E-state index is 0.135. The highest BCUT2D eigenvalue weighted by atomic mass is 16.6. The lowest BCUT2D eigenvalue weighted by atomic mass is 9.81. The van der Waals surface area contributed by atoms with Crippen LogP contribution in [0.4, 0.5) is 0 Å². The predicted molar refractivity (Wildman–Crippen MR) is 56.5 cm³/mol. The third-order valence-corrected chi connectivity index (χ3v) is 5.14. The van der Waals surface area contributed by atoms with Gasteiger partial charge in [-0.15, -0.1) is 0 Å². The summed E-state index contributed by atoms with van der Waals surface area (Å²) < 4.78 is 11.2. The second-order valence-electron chi connectivity index (χ2n) is 5.63. The van der Waals surface area contributed by atoms with Gasteiger partial charge in [-0.2, -0.15) is 0 Å². The van der Waals surface area contributed by atoms with Crippen molar-refractivity contribution in [3.63, 3.8) is 0 Å². The van der Waals surface area contributed by atoms with E-state index in [9.17, 15) is 4.79 Å². The van der Waals surface area contributed by atoms with Crippen molar-refractivity contribution in [1.82, 2.24) is 0 Å². The molecule has 3 nitrogen and oxygen atoms in total. The molecule has 0 aromatic rings. The van der Waals surface area contributed by atoms with Crippen molar-refractivity contribution in [3.05, 3.63) is 12.7 Å². The Bertz CT molecular complexity index is 362. The molecule has 1 saturated heterocycles. The van der Waals surface area contributed by atoms with Gasteiger partial charge in [0.2, 0.25) is 0 Å². The average molecular weight is 220 g/mol. The third kappa shape index (κ3) is 1.000. The van der Waals surface area contributed by atoms with E-state index >= 15 is 0 Å². The monoisotopic (exact) mass is 220 g/mol. The number of esters is 1. The first-order valence-electron chi connectivity index (χ1n) is 6.28. The molecule has 0 aromatic heterocycles. The van der Waals surface area contributed by atoms with Gasteiger partial charge in [-0.25, -0.2) is 4.79 Å². The SMILES string of the molecule is C=CC(=O)OC1CCC2C3CC(C4OC34)C12. The number of hydrogen-bond donors (Lipinski definition) is 0. The summed E-state index contributed by atoms with van der Waals surface area (Å²) in [7, 11) is 0. The molecule has 3 aliphatic carbocycles. The lowest BCUT2D eigenvalue weighted by molar-refractivity contribution is -0.145. The quantitative estimate of drug-likeness (QED) is 0.402. The Morgan fingerprint density at radius 2 is 2.06 bits per heavy atom. The van der Waals surface area contributed by atoms with Crippen LogP contribution in [0.15, 0.2) is 12.7 Å². The number of hydrogen-bond acceptors (Lipinski definition) is 3. The smallest absolute Gasteiger partial charge is 0.330 e. The first kappa shape index (κ1) is 9.23. The second-order valence-corrected chi connectivity index (χ2v) is 5.63. The predicted octanol–water partition coefficient (Wildman–Crippen LogP) is 1.53. The Balaban J connectivity index is 1.55. The Kier molecular flexibility index (Phi) is 1.67. The van der Waals surface area contributed by atoms with Crippen LogP contribution in [0.25, 0.3) is 0 Å². The van der Waals surface area contributed by atoms with Gasteiger partial charge < -0.3 is 9.47 Å². The molecule has 4 fully saturated rings. The number of fused-ring (bicyclic) bond motifs is 8. The average Bonchev–Trinajstić information content (AvgIpc) is 2.70. The standard InChI is InChI=1S/C13H16O3/c1-2-10(14)15-9-4-3-6-7-5-8(11(6)9)13-12(7)16-13/h2,6-9,11-13H,1,3-5H2. The fraction of sp³-hybridized carbons (Fsp3) is 0.769. The fourth-order valence-corrected chi connectivity index (χ4v) is 4.65. The first-order chi connectivity index (χ1) is 7.79. The van der Waals surface area contributed by atoms with E-state index in [1.54, 1.807) is 0 Å². The Hall–Kier alpha value is -0.830. The molecular formula is C13H16O3. The molecule has 0 aromatic carbocycles. The summed E-state index contributed by atoms with van der Waals surface area (Å²) in [5.74, 6) is 2.52. The van der Waals surface area contributed by atoms with Gasteiger partial charge in [0, 0.05) is 12.0 Å². The van der Waals surface area contributed by atoms with Crippen molar-refractivity contribution >= 4 is 5.97 Å². The van der Waals surface area contributed by atoms with Crippen molar-refractivity contribution in [3.8, 4) is 0 Å². The van der Waals surface area contributed by atoms with Gasteiger partial charge in [0.15, 0.2) is 0 Å². The van der Waals surface area contributed by atoms with Crippen LogP contribution >= 0.6 is 0 Å². The highest BCUT2D eigenvalue weighted by molar-refractivity contribution is 5.81. The van der Waals surface area contributed by atoms with Gasteiger partial charge in [-0.05, 0) is 37.0 Å². The summed E-state index contributed by atoms with van der Waals surface area (Å²) >= 11 is 0. The fourth-order valence-electron chi connectivity index (χ4n) is 4.65. The molecule has 0 spiro atoms. The van der Waals surface area contributed by atoms with E-state index in [0.717, 1.165) is 18.3 Å². The Morgan fingerprint density at radius 3 is 2.88 bits per heavy atom. The van der Waals surface area contributed by atoms with E-state index in [1.807, 2.05) is 0 Å². The van der Waals surface area contributed by atoms with Crippen LogP contribution in [0.1, 0.15) is 19.3 Å². The van der Waals surface area contributed by atoms with Crippen molar-refractivity contribution in [2.24, 2.45) is 23.7 Å². The van der Waals surface area contributed by atoms with Crippen LogP contribution in [0.5, 0.6) is 0 Å². The molecule has 16 heavy (non-hydrogen) atoms. The van der Waals surface area contributed by atoms with Gasteiger partial charge in [0.25, 0.3) is 0 Å². The van der Waals surface area contributed by atoms with Crippen molar-refractivity contribution in [2.45, 2.75) is 37.6 Å². The van der Waals surface area contributed by atoms with Crippen LogP contribution in [0.2, 0.25) is 0 Å². The molecule has 7 unspecified atom stereocenters. The zero-order chi connectivity index (χ0) is 10.9. The van der Waals surface area contributed by atoms with Gasteiger partial charge >= 0.3 is 5.97 Å². The molecule has 7 atom stereocenters. The summed E-state index contributed by atoms with van der Waals surface area (Å²) in [4.78, 5) is 11.3. The Morgan fingerprint density at radius 1 is 1.25 bits per heavy atom. The summed E-state index contributed by atoms with van der Waals surface area (Å²) in [6.07, 6.45) is 6.06. The summed E-state index contributed by atoms with van der Waals surface area (Å²) in [6, 6.07) is 0. The summed E-state index contributed by atoms with van der Waals surface area (Å²) in [5, 5.41) is 0. The molecule has 3 saturated carbocycles. The zero-order valence-corrected chi connectivity index (χ0v) is 9.17. The molecule has 0 radical (unpaired) electrons. The molecular weight excluding hydrogens is 204 g/mol. The lowest BCUT2D eigenvalue weighted by Gasteiger charge is -2.26. The van der Waals surface area contributed by atoms with Crippen LogP contribution < -0.4 is 0 Å². The van der Waals surface area contributed by atoms with E-state index in [0.29, 0.717) is 24.0 Å². The maximum atomic E-state index is 11.3.